The van der Waals surface area contributed by atoms with Crippen molar-refractivity contribution >= 4 is 50.7 Å². The van der Waals surface area contributed by atoms with E-state index in [1.54, 1.807) is 12.1 Å². The van der Waals surface area contributed by atoms with Gasteiger partial charge >= 0.3 is 0 Å². The molecule has 0 spiro atoms. The van der Waals surface area contributed by atoms with E-state index in [-0.39, 0.29) is 17.4 Å². The Morgan fingerprint density at radius 2 is 1.95 bits per heavy atom. The number of thiophene rings is 1. The van der Waals surface area contributed by atoms with Crippen molar-refractivity contribution in [2.75, 3.05) is 6.79 Å². The summed E-state index contributed by atoms with van der Waals surface area (Å²) in [5.41, 5.74) is 4.91. The first-order valence-electron chi connectivity index (χ1n) is 6.00. The van der Waals surface area contributed by atoms with Crippen molar-refractivity contribution in [2.24, 2.45) is 0 Å². The first kappa shape index (κ1) is 15.1. The average molecular weight is 404 g/mol. The highest BCUT2D eigenvalue weighted by Gasteiger charge is 2.21. The number of nitrogens with one attached hydrogen (secondary N) is 2. The van der Waals surface area contributed by atoms with Gasteiger partial charge in [-0.3, -0.25) is 20.4 Å². The normalized spacial score (nSPS) is 12.1. The molecule has 1 aromatic heterocycles. The summed E-state index contributed by atoms with van der Waals surface area (Å²) in [6.07, 6.45) is 0. The van der Waals surface area contributed by atoms with Gasteiger partial charge in [0.2, 0.25) is 6.79 Å². The minimum Gasteiger partial charge on any atom is -0.454 e. The van der Waals surface area contributed by atoms with Crippen LogP contribution in [0.1, 0.15) is 20.0 Å². The van der Waals surface area contributed by atoms with Crippen molar-refractivity contribution < 1.29 is 19.1 Å². The van der Waals surface area contributed by atoms with Crippen molar-refractivity contribution in [1.29, 1.82) is 0 Å². The summed E-state index contributed by atoms with van der Waals surface area (Å²) in [6.45, 7) is 0.0596. The van der Waals surface area contributed by atoms with E-state index >= 15 is 0 Å². The highest BCUT2D eigenvalue weighted by Crippen LogP contribution is 2.39. The summed E-state index contributed by atoms with van der Waals surface area (Å²) >= 11 is 10.5. The van der Waals surface area contributed by atoms with Gasteiger partial charge in [0.05, 0.1) is 13.7 Å². The number of hydrazine groups is 1. The summed E-state index contributed by atoms with van der Waals surface area (Å²) < 4.78 is 11.2. The van der Waals surface area contributed by atoms with Gasteiger partial charge in [-0.1, -0.05) is 11.6 Å². The number of hydrogen-bond donors (Lipinski definition) is 2. The molecule has 0 radical (unpaired) electrons. The van der Waals surface area contributed by atoms with Gasteiger partial charge in [0.15, 0.2) is 11.5 Å². The Kier molecular flexibility index (Phi) is 4.23. The molecule has 2 amide bonds. The second kappa shape index (κ2) is 6.15. The fourth-order valence-electron chi connectivity index (χ4n) is 1.78. The monoisotopic (exact) mass is 402 g/mol. The third-order valence-corrected chi connectivity index (χ3v) is 4.68. The van der Waals surface area contributed by atoms with Gasteiger partial charge in [-0.25, -0.2) is 0 Å². The second-order valence-corrected chi connectivity index (χ2v) is 7.07. The lowest BCUT2D eigenvalue weighted by Crippen LogP contribution is -2.41. The van der Waals surface area contributed by atoms with Gasteiger partial charge < -0.3 is 9.47 Å². The van der Waals surface area contributed by atoms with Crippen LogP contribution in [0.5, 0.6) is 11.5 Å². The van der Waals surface area contributed by atoms with Crippen molar-refractivity contribution in [3.8, 4) is 11.5 Å². The number of fused-ring (bicyclic) bond motifs is 1. The molecule has 0 saturated carbocycles. The Morgan fingerprint density at radius 3 is 2.68 bits per heavy atom. The molecule has 1 aliphatic rings. The van der Waals surface area contributed by atoms with Crippen molar-refractivity contribution in [3.63, 3.8) is 0 Å². The molecule has 0 aliphatic carbocycles. The summed E-state index contributed by atoms with van der Waals surface area (Å²) in [5.74, 6) is -0.114. The van der Waals surface area contributed by atoms with Crippen LogP contribution in [0.4, 0.5) is 0 Å². The molecule has 114 valence electrons. The number of halogens is 2. The van der Waals surface area contributed by atoms with Crippen LogP contribution in [-0.4, -0.2) is 18.6 Å². The first-order chi connectivity index (χ1) is 10.5. The number of hydrogen-bond acceptors (Lipinski definition) is 5. The van der Waals surface area contributed by atoms with Gasteiger partial charge in [0.1, 0.15) is 0 Å². The van der Waals surface area contributed by atoms with Gasteiger partial charge in [-0.2, -0.15) is 0 Å². The maximum Gasteiger partial charge on any atom is 0.279 e. The Labute approximate surface area is 142 Å². The minimum absolute atomic E-state index is 0.0596. The van der Waals surface area contributed by atoms with Crippen LogP contribution in [0, 0.1) is 0 Å². The van der Waals surface area contributed by atoms with Gasteiger partial charge in [-0.15, -0.1) is 11.3 Å². The van der Waals surface area contributed by atoms with Crippen LogP contribution in [0.3, 0.4) is 0 Å². The molecule has 0 unspecified atom stereocenters. The van der Waals surface area contributed by atoms with Crippen molar-refractivity contribution in [2.45, 2.75) is 0 Å². The predicted octanol–water partition coefficient (Wildman–Crippen LogP) is 2.97. The number of rotatable bonds is 2. The minimum atomic E-state index is -0.510. The lowest BCUT2D eigenvalue weighted by atomic mass is 10.2. The van der Waals surface area contributed by atoms with E-state index in [2.05, 4.69) is 26.8 Å². The Bertz CT molecular complexity index is 764. The van der Waals surface area contributed by atoms with Crippen molar-refractivity contribution in [1.82, 2.24) is 10.9 Å². The number of benzene rings is 1. The molecule has 0 atom stereocenters. The smallest absolute Gasteiger partial charge is 0.279 e. The highest BCUT2D eigenvalue weighted by molar-refractivity contribution is 9.11. The molecule has 2 N–H and O–H groups in total. The van der Waals surface area contributed by atoms with E-state index in [4.69, 9.17) is 21.1 Å². The van der Waals surface area contributed by atoms with E-state index in [9.17, 15) is 9.59 Å². The zero-order valence-electron chi connectivity index (χ0n) is 10.8. The molecule has 6 nitrogen and oxygen atoms in total. The first-order valence-corrected chi connectivity index (χ1v) is 7.98. The Hall–Kier alpha value is -1.77. The van der Waals surface area contributed by atoms with Gasteiger partial charge in [0, 0.05) is 5.56 Å². The molecular weight excluding hydrogens is 396 g/mol. The topological polar surface area (TPSA) is 76.7 Å². The van der Waals surface area contributed by atoms with E-state index in [0.29, 0.717) is 16.4 Å². The van der Waals surface area contributed by atoms with Crippen LogP contribution in [0.2, 0.25) is 5.02 Å². The molecule has 0 bridgehead atoms. The van der Waals surface area contributed by atoms with Crippen LogP contribution in [-0.2, 0) is 0 Å². The Balaban J connectivity index is 1.67. The summed E-state index contributed by atoms with van der Waals surface area (Å²) in [5, 5.41) is 0.272. The van der Waals surface area contributed by atoms with E-state index in [0.717, 1.165) is 3.79 Å². The maximum atomic E-state index is 12.1. The van der Waals surface area contributed by atoms with E-state index < -0.39 is 11.8 Å². The van der Waals surface area contributed by atoms with Gasteiger partial charge in [0.25, 0.3) is 11.8 Å². The number of carbonyl (C=O) groups is 2. The SMILES string of the molecule is O=C(NNC(=O)c1ccc(Br)s1)c1cc(Cl)c2c(c1)OCO2. The predicted molar refractivity (Wildman–Crippen MR) is 84.5 cm³/mol. The fourth-order valence-corrected chi connectivity index (χ4v) is 3.33. The maximum absolute atomic E-state index is 12.1. The standard InChI is InChI=1S/C13H8BrClN2O4S/c14-10-2-1-9(22-10)13(19)17-16-12(18)6-3-7(15)11-8(4-6)20-5-21-11/h1-4H,5H2,(H,16,18)(H,17,19). The Morgan fingerprint density at radius 1 is 1.18 bits per heavy atom. The van der Waals surface area contributed by atoms with E-state index in [1.807, 2.05) is 0 Å². The van der Waals surface area contributed by atoms with Crippen LogP contribution in [0.25, 0.3) is 0 Å². The molecule has 22 heavy (non-hydrogen) atoms. The number of amides is 2. The summed E-state index contributed by atoms with van der Waals surface area (Å²) in [6, 6.07) is 6.34. The quantitative estimate of drug-likeness (QED) is 0.756. The van der Waals surface area contributed by atoms with Crippen LogP contribution in [0.15, 0.2) is 28.1 Å². The highest BCUT2D eigenvalue weighted by atomic mass is 79.9. The third kappa shape index (κ3) is 3.03. The lowest BCUT2D eigenvalue weighted by molar-refractivity contribution is 0.0849. The zero-order chi connectivity index (χ0) is 15.7. The van der Waals surface area contributed by atoms with Crippen molar-refractivity contribution in [3.05, 3.63) is 43.5 Å². The lowest BCUT2D eigenvalue weighted by Gasteiger charge is -2.07. The molecule has 2 aromatic rings. The third-order valence-electron chi connectivity index (χ3n) is 2.78. The van der Waals surface area contributed by atoms with Gasteiger partial charge in [-0.05, 0) is 40.2 Å². The molecule has 0 saturated heterocycles. The fraction of sp³-hybridized carbons (Fsp3) is 0.0769. The number of ether oxygens (including phenoxy) is 2. The molecule has 0 fully saturated rings. The molecular formula is C13H8BrClN2O4S. The average Bonchev–Trinajstić information content (AvgIpc) is 3.13. The molecule has 2 heterocycles. The zero-order valence-corrected chi connectivity index (χ0v) is 14.0. The van der Waals surface area contributed by atoms with E-state index in [1.165, 1.54) is 23.5 Å². The van der Waals surface area contributed by atoms with Crippen LogP contribution < -0.4 is 20.3 Å². The molecule has 1 aliphatic heterocycles. The number of carbonyl (C=O) groups excluding carboxylic acids is 2. The second-order valence-electron chi connectivity index (χ2n) is 4.20. The summed E-state index contributed by atoms with van der Waals surface area (Å²) in [7, 11) is 0. The molecule has 1 aromatic carbocycles. The molecule has 3 rings (SSSR count). The summed E-state index contributed by atoms with van der Waals surface area (Å²) in [4.78, 5) is 24.4. The van der Waals surface area contributed by atoms with Crippen LogP contribution >= 0.6 is 38.9 Å². The molecule has 9 heteroatoms. The largest absolute Gasteiger partial charge is 0.454 e.